The first-order chi connectivity index (χ1) is 11.9. The maximum Gasteiger partial charge on any atom is 0.231 e. The Bertz CT molecular complexity index is 861. The third-order valence-corrected chi connectivity index (χ3v) is 3.68. The Balaban J connectivity index is 1.69. The van der Waals surface area contributed by atoms with Gasteiger partial charge in [-0.1, -0.05) is 48.5 Å². The molecule has 0 unspecified atom stereocenters. The minimum Gasteiger partial charge on any atom is -0.454 e. The summed E-state index contributed by atoms with van der Waals surface area (Å²) >= 11 is 0. The van der Waals surface area contributed by atoms with Crippen molar-refractivity contribution < 1.29 is 9.47 Å². The first kappa shape index (κ1) is 14.3. The van der Waals surface area contributed by atoms with E-state index < -0.39 is 0 Å². The average molecular weight is 316 g/mol. The molecule has 1 heterocycles. The largest absolute Gasteiger partial charge is 0.454 e. The van der Waals surface area contributed by atoms with E-state index in [1.165, 1.54) is 0 Å². The molecular weight excluding hydrogens is 300 g/mol. The van der Waals surface area contributed by atoms with Crippen molar-refractivity contribution in [3.05, 3.63) is 84.4 Å². The zero-order valence-corrected chi connectivity index (χ0v) is 13.0. The van der Waals surface area contributed by atoms with Gasteiger partial charge in [0.15, 0.2) is 11.5 Å². The van der Waals surface area contributed by atoms with Crippen molar-refractivity contribution in [2.75, 3.05) is 12.1 Å². The van der Waals surface area contributed by atoms with Gasteiger partial charge < -0.3 is 14.8 Å². The number of fused-ring (bicyclic) bond motifs is 1. The van der Waals surface area contributed by atoms with Crippen molar-refractivity contribution in [1.82, 2.24) is 0 Å². The van der Waals surface area contributed by atoms with Crippen molar-refractivity contribution in [2.24, 2.45) is 4.99 Å². The Labute approximate surface area is 140 Å². The highest BCUT2D eigenvalue weighted by Gasteiger charge is 2.14. The zero-order valence-electron chi connectivity index (χ0n) is 13.0. The van der Waals surface area contributed by atoms with Gasteiger partial charge in [0.1, 0.15) is 5.84 Å². The Kier molecular flexibility index (Phi) is 3.86. The minimum absolute atomic E-state index is 0.266. The molecule has 0 fully saturated rings. The molecule has 24 heavy (non-hydrogen) atoms. The summed E-state index contributed by atoms with van der Waals surface area (Å²) in [5, 5.41) is 3.39. The molecule has 0 saturated carbocycles. The maximum atomic E-state index is 5.44. The van der Waals surface area contributed by atoms with Gasteiger partial charge in [0.2, 0.25) is 6.79 Å². The van der Waals surface area contributed by atoms with E-state index in [0.29, 0.717) is 0 Å². The highest BCUT2D eigenvalue weighted by molar-refractivity contribution is 6.09. The molecule has 0 radical (unpaired) electrons. The molecule has 4 rings (SSSR count). The molecule has 3 aromatic carbocycles. The third kappa shape index (κ3) is 3.08. The first-order valence-corrected chi connectivity index (χ1v) is 7.74. The summed E-state index contributed by atoms with van der Waals surface area (Å²) in [4.78, 5) is 4.75. The summed E-state index contributed by atoms with van der Waals surface area (Å²) < 4.78 is 10.8. The average Bonchev–Trinajstić information content (AvgIpc) is 3.11. The van der Waals surface area contributed by atoms with E-state index in [1.807, 2.05) is 78.9 Å². The Hall–Kier alpha value is -3.27. The number of nitrogens with zero attached hydrogens (tertiary/aromatic N) is 1. The van der Waals surface area contributed by atoms with Crippen LogP contribution in [0.4, 0.5) is 11.4 Å². The molecule has 4 heteroatoms. The van der Waals surface area contributed by atoms with E-state index in [4.69, 9.17) is 14.5 Å². The zero-order chi connectivity index (χ0) is 16.2. The van der Waals surface area contributed by atoms with Crippen LogP contribution in [-0.4, -0.2) is 12.6 Å². The van der Waals surface area contributed by atoms with Gasteiger partial charge in [-0.25, -0.2) is 4.99 Å². The molecule has 0 atom stereocenters. The van der Waals surface area contributed by atoms with E-state index >= 15 is 0 Å². The van der Waals surface area contributed by atoms with E-state index in [2.05, 4.69) is 5.32 Å². The van der Waals surface area contributed by atoms with Gasteiger partial charge in [0.05, 0.1) is 5.69 Å². The number of hydrogen-bond donors (Lipinski definition) is 1. The summed E-state index contributed by atoms with van der Waals surface area (Å²) in [5.41, 5.74) is 2.81. The number of aliphatic imine (C=N–C) groups is 1. The molecule has 0 spiro atoms. The number of rotatable bonds is 3. The Morgan fingerprint density at radius 1 is 0.792 bits per heavy atom. The topological polar surface area (TPSA) is 42.9 Å². The lowest BCUT2D eigenvalue weighted by Gasteiger charge is -2.11. The van der Waals surface area contributed by atoms with Crippen LogP contribution in [0.1, 0.15) is 5.56 Å². The van der Waals surface area contributed by atoms with Crippen LogP contribution in [0, 0.1) is 0 Å². The fourth-order valence-corrected chi connectivity index (χ4v) is 2.50. The van der Waals surface area contributed by atoms with Gasteiger partial charge in [-0.3, -0.25) is 0 Å². The molecule has 1 N–H and O–H groups in total. The predicted molar refractivity (Wildman–Crippen MR) is 95.3 cm³/mol. The van der Waals surface area contributed by atoms with Crippen LogP contribution >= 0.6 is 0 Å². The molecule has 0 saturated heterocycles. The quantitative estimate of drug-likeness (QED) is 0.567. The number of amidine groups is 1. The van der Waals surface area contributed by atoms with Crippen molar-refractivity contribution in [3.63, 3.8) is 0 Å². The maximum absolute atomic E-state index is 5.44. The smallest absolute Gasteiger partial charge is 0.231 e. The SMILES string of the molecule is c1ccc(N=C(Nc2ccc3c(c2)OCO3)c2ccccc2)cc1. The highest BCUT2D eigenvalue weighted by atomic mass is 16.7. The van der Waals surface area contributed by atoms with Gasteiger partial charge in [0.25, 0.3) is 0 Å². The van der Waals surface area contributed by atoms with Gasteiger partial charge in [-0.15, -0.1) is 0 Å². The lowest BCUT2D eigenvalue weighted by atomic mass is 10.2. The number of nitrogens with one attached hydrogen (secondary N) is 1. The number of ether oxygens (including phenoxy) is 2. The summed E-state index contributed by atoms with van der Waals surface area (Å²) in [6.07, 6.45) is 0. The number of benzene rings is 3. The summed E-state index contributed by atoms with van der Waals surface area (Å²) in [5.74, 6) is 2.29. The lowest BCUT2D eigenvalue weighted by molar-refractivity contribution is 0.174. The van der Waals surface area contributed by atoms with Gasteiger partial charge in [0, 0.05) is 17.3 Å². The fraction of sp³-hybridized carbons (Fsp3) is 0.0500. The molecule has 0 aliphatic carbocycles. The van der Waals surface area contributed by atoms with Crippen LogP contribution < -0.4 is 14.8 Å². The Morgan fingerprint density at radius 3 is 2.29 bits per heavy atom. The van der Waals surface area contributed by atoms with E-state index in [9.17, 15) is 0 Å². The highest BCUT2D eigenvalue weighted by Crippen LogP contribution is 2.34. The van der Waals surface area contributed by atoms with Gasteiger partial charge in [-0.05, 0) is 24.3 Å². The molecule has 3 aromatic rings. The normalized spacial score (nSPS) is 12.9. The van der Waals surface area contributed by atoms with Crippen LogP contribution in [0.25, 0.3) is 0 Å². The van der Waals surface area contributed by atoms with Crippen LogP contribution in [0.5, 0.6) is 11.5 Å². The summed E-state index contributed by atoms with van der Waals surface area (Å²) in [7, 11) is 0. The van der Waals surface area contributed by atoms with Gasteiger partial charge in [-0.2, -0.15) is 0 Å². The molecule has 4 nitrogen and oxygen atoms in total. The van der Waals surface area contributed by atoms with E-state index in [0.717, 1.165) is 34.3 Å². The van der Waals surface area contributed by atoms with Crippen LogP contribution in [0.2, 0.25) is 0 Å². The Morgan fingerprint density at radius 2 is 1.50 bits per heavy atom. The number of anilines is 1. The summed E-state index contributed by atoms with van der Waals surface area (Å²) in [6.45, 7) is 0.266. The summed E-state index contributed by atoms with van der Waals surface area (Å²) in [6, 6.07) is 25.7. The molecule has 0 amide bonds. The number of hydrogen-bond acceptors (Lipinski definition) is 3. The number of para-hydroxylation sites is 1. The standard InChI is InChI=1S/C20H16N2O2/c1-3-7-15(8-4-1)20(21-16-9-5-2-6-10-16)22-17-11-12-18-19(13-17)24-14-23-18/h1-13H,14H2,(H,21,22). The molecule has 0 bridgehead atoms. The third-order valence-electron chi connectivity index (χ3n) is 3.68. The predicted octanol–water partition coefficient (Wildman–Crippen LogP) is 4.61. The minimum atomic E-state index is 0.266. The van der Waals surface area contributed by atoms with Gasteiger partial charge >= 0.3 is 0 Å². The van der Waals surface area contributed by atoms with Crippen LogP contribution in [-0.2, 0) is 0 Å². The monoisotopic (exact) mass is 316 g/mol. The second-order valence-electron chi connectivity index (χ2n) is 5.36. The van der Waals surface area contributed by atoms with Crippen molar-refractivity contribution in [1.29, 1.82) is 0 Å². The van der Waals surface area contributed by atoms with Crippen LogP contribution in [0.3, 0.4) is 0 Å². The van der Waals surface area contributed by atoms with E-state index in [-0.39, 0.29) is 6.79 Å². The van der Waals surface area contributed by atoms with E-state index in [1.54, 1.807) is 0 Å². The van der Waals surface area contributed by atoms with Crippen LogP contribution in [0.15, 0.2) is 83.9 Å². The van der Waals surface area contributed by atoms with Crippen molar-refractivity contribution in [2.45, 2.75) is 0 Å². The van der Waals surface area contributed by atoms with Crippen molar-refractivity contribution in [3.8, 4) is 11.5 Å². The first-order valence-electron chi connectivity index (χ1n) is 7.74. The second kappa shape index (κ2) is 6.46. The van der Waals surface area contributed by atoms with Crippen molar-refractivity contribution >= 4 is 17.2 Å². The molecule has 0 aromatic heterocycles. The molecule has 1 aliphatic rings. The molecule has 118 valence electrons. The molecule has 1 aliphatic heterocycles. The fourth-order valence-electron chi connectivity index (χ4n) is 2.50. The lowest BCUT2D eigenvalue weighted by Crippen LogP contribution is -2.13. The molecular formula is C20H16N2O2. The second-order valence-corrected chi connectivity index (χ2v) is 5.36.